The molecule has 0 spiro atoms. The van der Waals surface area contributed by atoms with E-state index in [1.807, 2.05) is 12.1 Å². The van der Waals surface area contributed by atoms with Crippen molar-refractivity contribution in [1.29, 1.82) is 0 Å². The van der Waals surface area contributed by atoms with Gasteiger partial charge in [0.15, 0.2) is 5.96 Å². The van der Waals surface area contributed by atoms with Crippen LogP contribution in [0.3, 0.4) is 0 Å². The maximum atomic E-state index is 13.1. The molecule has 21 heavy (non-hydrogen) atoms. The van der Waals surface area contributed by atoms with Gasteiger partial charge in [-0.05, 0) is 44.4 Å². The van der Waals surface area contributed by atoms with Crippen molar-refractivity contribution in [3.63, 3.8) is 0 Å². The molecule has 1 aromatic carbocycles. The van der Waals surface area contributed by atoms with Gasteiger partial charge < -0.3 is 10.6 Å². The van der Waals surface area contributed by atoms with Crippen molar-refractivity contribution in [1.82, 2.24) is 10.6 Å². The zero-order chi connectivity index (χ0) is 14.4. The van der Waals surface area contributed by atoms with Gasteiger partial charge in [-0.2, -0.15) is 0 Å². The molecule has 118 valence electrons. The third kappa shape index (κ3) is 4.56. The van der Waals surface area contributed by atoms with Crippen molar-refractivity contribution in [2.75, 3.05) is 19.6 Å². The molecule has 0 saturated heterocycles. The van der Waals surface area contributed by atoms with E-state index in [4.69, 9.17) is 4.99 Å². The van der Waals surface area contributed by atoms with Crippen LogP contribution in [0.2, 0.25) is 0 Å². The molecule has 0 aliphatic heterocycles. The highest BCUT2D eigenvalue weighted by Crippen LogP contribution is 2.43. The topological polar surface area (TPSA) is 36.4 Å². The molecule has 2 N–H and O–H groups in total. The van der Waals surface area contributed by atoms with Gasteiger partial charge in [-0.25, -0.2) is 4.39 Å². The highest BCUT2D eigenvalue weighted by Gasteiger charge is 2.38. The minimum Gasteiger partial charge on any atom is -0.357 e. The molecule has 0 bridgehead atoms. The van der Waals surface area contributed by atoms with Crippen LogP contribution in [0.5, 0.6) is 0 Å². The lowest BCUT2D eigenvalue weighted by Crippen LogP contribution is -2.41. The van der Waals surface area contributed by atoms with Crippen LogP contribution in [0, 0.1) is 5.82 Å². The fourth-order valence-electron chi connectivity index (χ4n) is 2.68. The van der Waals surface area contributed by atoms with E-state index in [2.05, 4.69) is 24.5 Å². The number of hydrogen-bond donors (Lipinski definition) is 2. The van der Waals surface area contributed by atoms with Gasteiger partial charge in [0.25, 0.3) is 0 Å². The molecule has 0 atom stereocenters. The van der Waals surface area contributed by atoms with Crippen molar-refractivity contribution < 1.29 is 4.39 Å². The summed E-state index contributed by atoms with van der Waals surface area (Å²) < 4.78 is 13.1. The Bertz CT molecular complexity index is 447. The van der Waals surface area contributed by atoms with E-state index in [1.54, 1.807) is 12.1 Å². The van der Waals surface area contributed by atoms with Gasteiger partial charge in [0, 0.05) is 18.5 Å². The molecule has 1 aliphatic rings. The molecule has 1 aromatic rings. The predicted octanol–water partition coefficient (Wildman–Crippen LogP) is 3.44. The monoisotopic (exact) mass is 405 g/mol. The lowest BCUT2D eigenvalue weighted by molar-refractivity contribution is 0.253. The van der Waals surface area contributed by atoms with E-state index in [9.17, 15) is 4.39 Å². The van der Waals surface area contributed by atoms with Crippen LogP contribution in [0.25, 0.3) is 0 Å². The van der Waals surface area contributed by atoms with Crippen LogP contribution in [-0.4, -0.2) is 25.6 Å². The zero-order valence-corrected chi connectivity index (χ0v) is 15.1. The van der Waals surface area contributed by atoms with Crippen LogP contribution in [-0.2, 0) is 5.41 Å². The summed E-state index contributed by atoms with van der Waals surface area (Å²) in [4.78, 5) is 4.70. The normalized spacial score (nSPS) is 15.4. The Balaban J connectivity index is 0.00000220. The van der Waals surface area contributed by atoms with E-state index in [1.165, 1.54) is 12.0 Å². The van der Waals surface area contributed by atoms with Gasteiger partial charge in [0.05, 0.1) is 6.54 Å². The maximum absolute atomic E-state index is 13.1. The van der Waals surface area contributed by atoms with Crippen LogP contribution in [0.15, 0.2) is 29.3 Å². The second kappa shape index (κ2) is 8.56. The first-order chi connectivity index (χ1) is 9.70. The van der Waals surface area contributed by atoms with Gasteiger partial charge in [0.1, 0.15) is 5.82 Å². The number of guanidine groups is 1. The van der Waals surface area contributed by atoms with Crippen molar-refractivity contribution in [2.24, 2.45) is 4.99 Å². The minimum absolute atomic E-state index is 0. The largest absolute Gasteiger partial charge is 0.357 e. The Morgan fingerprint density at radius 3 is 2.14 bits per heavy atom. The number of nitrogens with zero attached hydrogens (tertiary/aromatic N) is 1. The molecule has 0 aromatic heterocycles. The first-order valence-corrected chi connectivity index (χ1v) is 7.48. The third-order valence-electron chi connectivity index (χ3n) is 4.00. The average molecular weight is 405 g/mol. The summed E-state index contributed by atoms with van der Waals surface area (Å²) in [6, 6.07) is 6.91. The summed E-state index contributed by atoms with van der Waals surface area (Å²) in [7, 11) is 0. The SMILES string of the molecule is CCNC(=NCC1(c2ccc(F)cc2)CCC1)NCC.I. The van der Waals surface area contributed by atoms with Crippen molar-refractivity contribution in [3.8, 4) is 0 Å². The molecule has 5 heteroatoms. The first-order valence-electron chi connectivity index (χ1n) is 7.48. The Morgan fingerprint density at radius 1 is 1.14 bits per heavy atom. The number of halogens is 2. The zero-order valence-electron chi connectivity index (χ0n) is 12.8. The van der Waals surface area contributed by atoms with E-state index < -0.39 is 0 Å². The fraction of sp³-hybridized carbons (Fsp3) is 0.562. The molecule has 1 saturated carbocycles. The van der Waals surface area contributed by atoms with Crippen molar-refractivity contribution >= 4 is 29.9 Å². The Kier molecular flexibility index (Phi) is 7.42. The van der Waals surface area contributed by atoms with E-state index in [0.29, 0.717) is 0 Å². The number of rotatable bonds is 5. The molecule has 2 rings (SSSR count). The van der Waals surface area contributed by atoms with Gasteiger partial charge in [-0.1, -0.05) is 18.6 Å². The second-order valence-corrected chi connectivity index (χ2v) is 5.37. The number of nitrogens with one attached hydrogen (secondary N) is 2. The molecule has 0 unspecified atom stereocenters. The standard InChI is InChI=1S/C16H24FN3.HI/c1-3-18-15(19-4-2)20-12-16(10-5-11-16)13-6-8-14(17)9-7-13;/h6-9H,3-5,10-12H2,1-2H3,(H2,18,19,20);1H. The molecule has 1 fully saturated rings. The number of benzene rings is 1. The van der Waals surface area contributed by atoms with Gasteiger partial charge in [-0.15, -0.1) is 24.0 Å². The van der Waals surface area contributed by atoms with Crippen molar-refractivity contribution in [3.05, 3.63) is 35.6 Å². The minimum atomic E-state index is -0.173. The van der Waals surface area contributed by atoms with Gasteiger partial charge >= 0.3 is 0 Å². The van der Waals surface area contributed by atoms with E-state index >= 15 is 0 Å². The first kappa shape index (κ1) is 18.2. The van der Waals surface area contributed by atoms with Crippen LogP contribution in [0.4, 0.5) is 4.39 Å². The lowest BCUT2D eigenvalue weighted by atomic mass is 9.64. The third-order valence-corrected chi connectivity index (χ3v) is 4.00. The molecular weight excluding hydrogens is 380 g/mol. The lowest BCUT2D eigenvalue weighted by Gasteiger charge is -2.41. The van der Waals surface area contributed by atoms with Crippen LogP contribution >= 0.6 is 24.0 Å². The van der Waals surface area contributed by atoms with E-state index in [-0.39, 0.29) is 35.2 Å². The summed E-state index contributed by atoms with van der Waals surface area (Å²) >= 11 is 0. The molecule has 1 aliphatic carbocycles. The second-order valence-electron chi connectivity index (χ2n) is 5.37. The quantitative estimate of drug-likeness (QED) is 0.448. The predicted molar refractivity (Wildman–Crippen MR) is 97.0 cm³/mol. The fourth-order valence-corrected chi connectivity index (χ4v) is 2.68. The van der Waals surface area contributed by atoms with Gasteiger partial charge in [-0.3, -0.25) is 4.99 Å². The number of hydrogen-bond acceptors (Lipinski definition) is 1. The molecule has 0 heterocycles. The molecular formula is C16H25FIN3. The smallest absolute Gasteiger partial charge is 0.191 e. The maximum Gasteiger partial charge on any atom is 0.191 e. The summed E-state index contributed by atoms with van der Waals surface area (Å²) in [6.07, 6.45) is 3.49. The Morgan fingerprint density at radius 2 is 1.71 bits per heavy atom. The highest BCUT2D eigenvalue weighted by atomic mass is 127. The summed E-state index contributed by atoms with van der Waals surface area (Å²) in [5.41, 5.74) is 1.31. The summed E-state index contributed by atoms with van der Waals surface area (Å²) in [5, 5.41) is 6.49. The summed E-state index contributed by atoms with van der Waals surface area (Å²) in [6.45, 7) is 6.59. The summed E-state index contributed by atoms with van der Waals surface area (Å²) in [5.74, 6) is 0.691. The molecule has 0 amide bonds. The van der Waals surface area contributed by atoms with E-state index in [0.717, 1.165) is 38.4 Å². The highest BCUT2D eigenvalue weighted by molar-refractivity contribution is 14.0. The van der Waals surface area contributed by atoms with Crippen LogP contribution in [0.1, 0.15) is 38.7 Å². The Hall–Kier alpha value is -0.850. The molecule has 3 nitrogen and oxygen atoms in total. The average Bonchev–Trinajstić information content (AvgIpc) is 2.40. The number of aliphatic imine (C=N–C) groups is 1. The van der Waals surface area contributed by atoms with Crippen molar-refractivity contribution in [2.45, 2.75) is 38.5 Å². The Labute approximate surface area is 143 Å². The molecule has 0 radical (unpaired) electrons. The van der Waals surface area contributed by atoms with Gasteiger partial charge in [0.2, 0.25) is 0 Å². The van der Waals surface area contributed by atoms with Crippen LogP contribution < -0.4 is 10.6 Å².